The van der Waals surface area contributed by atoms with Crippen LogP contribution >= 0.6 is 15.9 Å². The smallest absolute Gasteiger partial charge is 0.0383 e. The first-order valence-corrected chi connectivity index (χ1v) is 8.00. The van der Waals surface area contributed by atoms with E-state index in [1.807, 2.05) is 0 Å². The molecule has 0 aromatic heterocycles. The highest BCUT2D eigenvalue weighted by atomic mass is 79.9. The molecule has 1 saturated carbocycles. The summed E-state index contributed by atoms with van der Waals surface area (Å²) in [6.07, 6.45) is 3.82. The minimum atomic E-state index is 0.430. The molecule has 1 aliphatic carbocycles. The van der Waals surface area contributed by atoms with Crippen molar-refractivity contribution in [1.29, 1.82) is 0 Å². The van der Waals surface area contributed by atoms with Gasteiger partial charge in [-0.2, -0.15) is 0 Å². The number of rotatable bonds is 2. The third kappa shape index (κ3) is 3.75. The molecule has 1 fully saturated rings. The van der Waals surface area contributed by atoms with E-state index in [2.05, 4.69) is 74.1 Å². The summed E-state index contributed by atoms with van der Waals surface area (Å²) < 4.78 is 1.19. The standard InChI is InChI=1S/C17H26BrN/c1-12-14(18)7-6-8-15(12)19-13-9-16(2,3)11-17(4,5)10-13/h6-8,13,19H,9-11H2,1-5H3. The first kappa shape index (κ1) is 14.9. The van der Waals surface area contributed by atoms with Crippen LogP contribution in [0.3, 0.4) is 0 Å². The van der Waals surface area contributed by atoms with Gasteiger partial charge in [0, 0.05) is 16.2 Å². The third-order valence-corrected chi connectivity index (χ3v) is 5.04. The van der Waals surface area contributed by atoms with E-state index in [0.29, 0.717) is 16.9 Å². The predicted octanol–water partition coefficient (Wildman–Crippen LogP) is 5.77. The second-order valence-corrected chi connectivity index (χ2v) is 8.52. The molecule has 0 aliphatic heterocycles. The van der Waals surface area contributed by atoms with Crippen LogP contribution in [0.2, 0.25) is 0 Å². The molecular weight excluding hydrogens is 298 g/mol. The maximum Gasteiger partial charge on any atom is 0.0383 e. The molecule has 1 aromatic carbocycles. The lowest BCUT2D eigenvalue weighted by Crippen LogP contribution is -2.40. The quantitative estimate of drug-likeness (QED) is 0.728. The Morgan fingerprint density at radius 1 is 1.11 bits per heavy atom. The van der Waals surface area contributed by atoms with Gasteiger partial charge >= 0.3 is 0 Å². The summed E-state index contributed by atoms with van der Waals surface area (Å²) in [5, 5.41) is 3.77. The number of hydrogen-bond acceptors (Lipinski definition) is 1. The van der Waals surface area contributed by atoms with Crippen molar-refractivity contribution in [3.8, 4) is 0 Å². The molecule has 0 bridgehead atoms. The second kappa shape index (κ2) is 5.12. The average molecular weight is 324 g/mol. The van der Waals surface area contributed by atoms with Crippen molar-refractivity contribution in [2.45, 2.75) is 59.9 Å². The fourth-order valence-corrected chi connectivity index (χ4v) is 4.30. The van der Waals surface area contributed by atoms with Gasteiger partial charge < -0.3 is 5.32 Å². The molecule has 2 heteroatoms. The molecular formula is C17H26BrN. The van der Waals surface area contributed by atoms with E-state index in [0.717, 1.165) is 0 Å². The fraction of sp³-hybridized carbons (Fsp3) is 0.647. The van der Waals surface area contributed by atoms with Crippen LogP contribution in [0.15, 0.2) is 22.7 Å². The van der Waals surface area contributed by atoms with E-state index in [1.54, 1.807) is 0 Å². The Kier molecular flexibility index (Phi) is 4.02. The zero-order valence-corrected chi connectivity index (χ0v) is 14.4. The van der Waals surface area contributed by atoms with E-state index in [9.17, 15) is 0 Å². The van der Waals surface area contributed by atoms with Gasteiger partial charge in [-0.15, -0.1) is 0 Å². The maximum atomic E-state index is 3.77. The summed E-state index contributed by atoms with van der Waals surface area (Å²) in [5.74, 6) is 0. The lowest BCUT2D eigenvalue weighted by atomic mass is 9.63. The Morgan fingerprint density at radius 2 is 1.68 bits per heavy atom. The van der Waals surface area contributed by atoms with E-state index in [1.165, 1.54) is 35.0 Å². The van der Waals surface area contributed by atoms with Crippen molar-refractivity contribution in [2.24, 2.45) is 10.8 Å². The molecule has 0 unspecified atom stereocenters. The van der Waals surface area contributed by atoms with Gasteiger partial charge in [-0.25, -0.2) is 0 Å². The van der Waals surface area contributed by atoms with Crippen molar-refractivity contribution in [3.63, 3.8) is 0 Å². The van der Waals surface area contributed by atoms with E-state index >= 15 is 0 Å². The topological polar surface area (TPSA) is 12.0 Å². The Morgan fingerprint density at radius 3 is 2.26 bits per heavy atom. The van der Waals surface area contributed by atoms with Gasteiger partial charge in [0.2, 0.25) is 0 Å². The largest absolute Gasteiger partial charge is 0.382 e. The molecule has 2 rings (SSSR count). The Labute approximate surface area is 126 Å². The molecule has 0 radical (unpaired) electrons. The van der Waals surface area contributed by atoms with Crippen LogP contribution in [0.25, 0.3) is 0 Å². The average Bonchev–Trinajstić information content (AvgIpc) is 2.20. The molecule has 0 spiro atoms. The highest BCUT2D eigenvalue weighted by molar-refractivity contribution is 9.10. The molecule has 1 N–H and O–H groups in total. The number of hydrogen-bond donors (Lipinski definition) is 1. The molecule has 0 heterocycles. The van der Waals surface area contributed by atoms with Gasteiger partial charge in [0.1, 0.15) is 0 Å². The van der Waals surface area contributed by atoms with E-state index in [4.69, 9.17) is 0 Å². The minimum Gasteiger partial charge on any atom is -0.382 e. The molecule has 1 aliphatic rings. The van der Waals surface area contributed by atoms with E-state index in [-0.39, 0.29) is 0 Å². The number of benzene rings is 1. The summed E-state index contributed by atoms with van der Waals surface area (Å²) in [6, 6.07) is 6.98. The van der Waals surface area contributed by atoms with Crippen LogP contribution in [0.4, 0.5) is 5.69 Å². The van der Waals surface area contributed by atoms with Crippen molar-refractivity contribution >= 4 is 21.6 Å². The lowest BCUT2D eigenvalue weighted by Gasteiger charge is -2.45. The molecule has 0 saturated heterocycles. The van der Waals surface area contributed by atoms with Crippen molar-refractivity contribution in [3.05, 3.63) is 28.2 Å². The van der Waals surface area contributed by atoms with Crippen LogP contribution in [0.1, 0.15) is 52.5 Å². The summed E-state index contributed by atoms with van der Waals surface area (Å²) in [7, 11) is 0. The fourth-order valence-electron chi connectivity index (χ4n) is 3.93. The SMILES string of the molecule is Cc1c(Br)cccc1NC1CC(C)(C)CC(C)(C)C1. The minimum absolute atomic E-state index is 0.430. The Bertz CT molecular complexity index is 446. The highest BCUT2D eigenvalue weighted by Crippen LogP contribution is 2.46. The molecule has 0 atom stereocenters. The summed E-state index contributed by atoms with van der Waals surface area (Å²) in [5.41, 5.74) is 3.44. The molecule has 19 heavy (non-hydrogen) atoms. The maximum absolute atomic E-state index is 3.77. The first-order chi connectivity index (χ1) is 8.69. The van der Waals surface area contributed by atoms with Crippen molar-refractivity contribution < 1.29 is 0 Å². The van der Waals surface area contributed by atoms with Gasteiger partial charge in [0.15, 0.2) is 0 Å². The van der Waals surface area contributed by atoms with Crippen LogP contribution in [-0.2, 0) is 0 Å². The summed E-state index contributed by atoms with van der Waals surface area (Å²) in [4.78, 5) is 0. The summed E-state index contributed by atoms with van der Waals surface area (Å²) >= 11 is 3.62. The van der Waals surface area contributed by atoms with Crippen LogP contribution < -0.4 is 5.32 Å². The Hall–Kier alpha value is -0.500. The third-order valence-electron chi connectivity index (χ3n) is 4.18. The highest BCUT2D eigenvalue weighted by Gasteiger charge is 2.38. The normalized spacial score (nSPS) is 22.2. The van der Waals surface area contributed by atoms with Crippen molar-refractivity contribution in [2.75, 3.05) is 5.32 Å². The lowest BCUT2D eigenvalue weighted by molar-refractivity contribution is 0.105. The molecule has 1 nitrogen and oxygen atoms in total. The zero-order valence-electron chi connectivity index (χ0n) is 12.8. The first-order valence-electron chi connectivity index (χ1n) is 7.20. The Balaban J connectivity index is 2.16. The van der Waals surface area contributed by atoms with Gasteiger partial charge in [0.05, 0.1) is 0 Å². The van der Waals surface area contributed by atoms with Gasteiger partial charge in [-0.05, 0) is 54.7 Å². The van der Waals surface area contributed by atoms with Crippen molar-refractivity contribution in [1.82, 2.24) is 0 Å². The van der Waals surface area contributed by atoms with E-state index < -0.39 is 0 Å². The van der Waals surface area contributed by atoms with Gasteiger partial charge in [0.25, 0.3) is 0 Å². The molecule has 106 valence electrons. The number of anilines is 1. The monoisotopic (exact) mass is 323 g/mol. The molecule has 0 amide bonds. The predicted molar refractivity (Wildman–Crippen MR) is 87.7 cm³/mol. The molecule has 1 aromatic rings. The van der Waals surface area contributed by atoms with Gasteiger partial charge in [-0.1, -0.05) is 49.7 Å². The second-order valence-electron chi connectivity index (χ2n) is 7.67. The van der Waals surface area contributed by atoms with Crippen LogP contribution in [0, 0.1) is 17.8 Å². The zero-order chi connectivity index (χ0) is 14.3. The number of halogens is 1. The van der Waals surface area contributed by atoms with Crippen LogP contribution in [-0.4, -0.2) is 6.04 Å². The van der Waals surface area contributed by atoms with Crippen LogP contribution in [0.5, 0.6) is 0 Å². The van der Waals surface area contributed by atoms with Gasteiger partial charge in [-0.3, -0.25) is 0 Å². The summed E-state index contributed by atoms with van der Waals surface area (Å²) in [6.45, 7) is 11.8. The number of nitrogens with one attached hydrogen (secondary N) is 1.